The van der Waals surface area contributed by atoms with E-state index in [1.807, 2.05) is 31.3 Å². The lowest BCUT2D eigenvalue weighted by Gasteiger charge is -2.13. The van der Waals surface area contributed by atoms with Gasteiger partial charge in [0.15, 0.2) is 0 Å². The van der Waals surface area contributed by atoms with E-state index in [1.165, 1.54) is 0 Å². The quantitative estimate of drug-likeness (QED) is 0.816. The second kappa shape index (κ2) is 6.52. The van der Waals surface area contributed by atoms with Gasteiger partial charge in [-0.15, -0.1) is 0 Å². The summed E-state index contributed by atoms with van der Waals surface area (Å²) in [4.78, 5) is 12.2. The molecule has 1 aromatic carbocycles. The number of carbonyl (C=O) groups excluding carboxylic acids is 1. The molecule has 1 fully saturated rings. The summed E-state index contributed by atoms with van der Waals surface area (Å²) in [7, 11) is 1.92. The van der Waals surface area contributed by atoms with Crippen LogP contribution < -0.4 is 10.6 Å². The van der Waals surface area contributed by atoms with Crippen molar-refractivity contribution in [1.29, 1.82) is 0 Å². The zero-order valence-electron chi connectivity index (χ0n) is 10.7. The number of amides is 1. The van der Waals surface area contributed by atoms with Gasteiger partial charge in [0.2, 0.25) is 0 Å². The zero-order valence-corrected chi connectivity index (χ0v) is 10.7. The molecule has 1 heterocycles. The second-order valence-electron chi connectivity index (χ2n) is 4.54. The lowest BCUT2D eigenvalue weighted by atomic mass is 10.0. The maximum atomic E-state index is 12.2. The van der Waals surface area contributed by atoms with Gasteiger partial charge in [0.25, 0.3) is 5.91 Å². The Morgan fingerprint density at radius 3 is 3.00 bits per heavy atom. The molecular formula is C14H20N2O2. The summed E-state index contributed by atoms with van der Waals surface area (Å²) >= 11 is 0. The molecule has 98 valence electrons. The van der Waals surface area contributed by atoms with Gasteiger partial charge in [0.05, 0.1) is 12.6 Å². The van der Waals surface area contributed by atoms with Gasteiger partial charge in [0, 0.05) is 12.2 Å². The maximum absolute atomic E-state index is 12.2. The van der Waals surface area contributed by atoms with Gasteiger partial charge < -0.3 is 15.4 Å². The molecule has 1 aromatic rings. The van der Waals surface area contributed by atoms with Crippen LogP contribution in [0.4, 0.5) is 0 Å². The van der Waals surface area contributed by atoms with Crippen LogP contribution in [-0.2, 0) is 11.2 Å². The highest BCUT2D eigenvalue weighted by molar-refractivity contribution is 5.95. The van der Waals surface area contributed by atoms with E-state index in [1.54, 1.807) is 0 Å². The molecule has 2 N–H and O–H groups in total. The van der Waals surface area contributed by atoms with Crippen molar-refractivity contribution < 1.29 is 9.53 Å². The van der Waals surface area contributed by atoms with Crippen molar-refractivity contribution in [3.8, 4) is 0 Å². The number of carbonyl (C=O) groups is 1. The van der Waals surface area contributed by atoms with Crippen molar-refractivity contribution in [1.82, 2.24) is 10.6 Å². The van der Waals surface area contributed by atoms with Gasteiger partial charge in [-0.3, -0.25) is 4.79 Å². The van der Waals surface area contributed by atoms with Crippen molar-refractivity contribution in [2.75, 3.05) is 26.8 Å². The van der Waals surface area contributed by atoms with E-state index in [4.69, 9.17) is 4.74 Å². The van der Waals surface area contributed by atoms with Crippen LogP contribution in [0.5, 0.6) is 0 Å². The van der Waals surface area contributed by atoms with Crippen molar-refractivity contribution in [3.05, 3.63) is 35.4 Å². The molecular weight excluding hydrogens is 228 g/mol. The van der Waals surface area contributed by atoms with Crippen LogP contribution in [-0.4, -0.2) is 38.8 Å². The molecule has 0 spiro atoms. The standard InChI is InChI=1S/C14H20N2O2/c1-15-8-6-11-4-2-3-5-13(11)14(17)16-12-7-9-18-10-12/h2-5,12,15H,6-10H2,1H3,(H,16,17). The van der Waals surface area contributed by atoms with Crippen LogP contribution in [0.2, 0.25) is 0 Å². The fourth-order valence-electron chi connectivity index (χ4n) is 2.13. The molecule has 0 radical (unpaired) electrons. The summed E-state index contributed by atoms with van der Waals surface area (Å²) < 4.78 is 5.26. The SMILES string of the molecule is CNCCc1ccccc1C(=O)NC1CCOC1. The van der Waals surface area contributed by atoms with Crippen molar-refractivity contribution in [2.45, 2.75) is 18.9 Å². The van der Waals surface area contributed by atoms with Crippen molar-refractivity contribution >= 4 is 5.91 Å². The topological polar surface area (TPSA) is 50.4 Å². The Hall–Kier alpha value is -1.39. The molecule has 0 aromatic heterocycles. The number of hydrogen-bond donors (Lipinski definition) is 2. The van der Waals surface area contributed by atoms with E-state index in [0.717, 1.165) is 37.1 Å². The van der Waals surface area contributed by atoms with Gasteiger partial charge in [0.1, 0.15) is 0 Å². The monoisotopic (exact) mass is 248 g/mol. The smallest absolute Gasteiger partial charge is 0.251 e. The summed E-state index contributed by atoms with van der Waals surface area (Å²) in [6, 6.07) is 7.94. The third-order valence-corrected chi connectivity index (χ3v) is 3.17. The summed E-state index contributed by atoms with van der Waals surface area (Å²) in [6.45, 7) is 2.24. The molecule has 1 saturated heterocycles. The van der Waals surface area contributed by atoms with E-state index in [0.29, 0.717) is 6.61 Å². The Bertz CT molecular complexity index is 401. The zero-order chi connectivity index (χ0) is 12.8. The Morgan fingerprint density at radius 2 is 2.28 bits per heavy atom. The third-order valence-electron chi connectivity index (χ3n) is 3.17. The summed E-state index contributed by atoms with van der Waals surface area (Å²) in [5, 5.41) is 6.13. The minimum Gasteiger partial charge on any atom is -0.379 e. The van der Waals surface area contributed by atoms with Gasteiger partial charge in [-0.2, -0.15) is 0 Å². The first-order valence-corrected chi connectivity index (χ1v) is 6.42. The lowest BCUT2D eigenvalue weighted by molar-refractivity contribution is 0.0929. The fourth-order valence-corrected chi connectivity index (χ4v) is 2.13. The number of likely N-dealkylation sites (N-methyl/N-ethyl adjacent to an activating group) is 1. The fraction of sp³-hybridized carbons (Fsp3) is 0.500. The van der Waals surface area contributed by atoms with Crippen LogP contribution in [0, 0.1) is 0 Å². The van der Waals surface area contributed by atoms with Gasteiger partial charge in [-0.1, -0.05) is 18.2 Å². The highest BCUT2D eigenvalue weighted by Crippen LogP contribution is 2.11. The molecule has 0 bridgehead atoms. The number of nitrogens with one attached hydrogen (secondary N) is 2. The van der Waals surface area contributed by atoms with Crippen LogP contribution in [0.1, 0.15) is 22.3 Å². The molecule has 4 nitrogen and oxygen atoms in total. The van der Waals surface area contributed by atoms with Crippen LogP contribution in [0.3, 0.4) is 0 Å². The van der Waals surface area contributed by atoms with E-state index >= 15 is 0 Å². The lowest BCUT2D eigenvalue weighted by Crippen LogP contribution is -2.35. The molecule has 1 atom stereocenters. The summed E-state index contributed by atoms with van der Waals surface area (Å²) in [5.41, 5.74) is 1.86. The van der Waals surface area contributed by atoms with Crippen LogP contribution >= 0.6 is 0 Å². The summed E-state index contributed by atoms with van der Waals surface area (Å²) in [5.74, 6) is 0.0113. The van der Waals surface area contributed by atoms with E-state index in [9.17, 15) is 4.79 Å². The number of hydrogen-bond acceptors (Lipinski definition) is 3. The second-order valence-corrected chi connectivity index (χ2v) is 4.54. The largest absolute Gasteiger partial charge is 0.379 e. The van der Waals surface area contributed by atoms with Crippen molar-refractivity contribution in [2.24, 2.45) is 0 Å². The first-order chi connectivity index (χ1) is 8.81. The minimum atomic E-state index is 0.0113. The van der Waals surface area contributed by atoms with E-state index in [2.05, 4.69) is 10.6 Å². The molecule has 1 unspecified atom stereocenters. The molecule has 0 saturated carbocycles. The van der Waals surface area contributed by atoms with Gasteiger partial charge in [-0.05, 0) is 38.1 Å². The third kappa shape index (κ3) is 3.31. The Kier molecular flexibility index (Phi) is 4.73. The first-order valence-electron chi connectivity index (χ1n) is 6.42. The Balaban J connectivity index is 2.03. The predicted molar refractivity (Wildman–Crippen MR) is 70.8 cm³/mol. The number of benzene rings is 1. The highest BCUT2D eigenvalue weighted by Gasteiger charge is 2.19. The first kappa shape index (κ1) is 13.1. The molecule has 1 amide bonds. The van der Waals surface area contributed by atoms with E-state index in [-0.39, 0.29) is 11.9 Å². The normalized spacial score (nSPS) is 18.8. The van der Waals surface area contributed by atoms with Crippen molar-refractivity contribution in [3.63, 3.8) is 0 Å². The molecule has 1 aliphatic heterocycles. The van der Waals surface area contributed by atoms with E-state index < -0.39 is 0 Å². The van der Waals surface area contributed by atoms with Crippen LogP contribution in [0.15, 0.2) is 24.3 Å². The minimum absolute atomic E-state index is 0.0113. The number of ether oxygens (including phenoxy) is 1. The number of rotatable bonds is 5. The van der Waals surface area contributed by atoms with Gasteiger partial charge >= 0.3 is 0 Å². The average molecular weight is 248 g/mol. The molecule has 18 heavy (non-hydrogen) atoms. The maximum Gasteiger partial charge on any atom is 0.251 e. The molecule has 1 aliphatic rings. The Morgan fingerprint density at radius 1 is 1.44 bits per heavy atom. The Labute approximate surface area is 108 Å². The van der Waals surface area contributed by atoms with Crippen LogP contribution in [0.25, 0.3) is 0 Å². The predicted octanol–water partition coefficient (Wildman–Crippen LogP) is 0.967. The summed E-state index contributed by atoms with van der Waals surface area (Å²) in [6.07, 6.45) is 1.77. The van der Waals surface area contributed by atoms with Gasteiger partial charge in [-0.25, -0.2) is 0 Å². The average Bonchev–Trinajstić information content (AvgIpc) is 2.89. The molecule has 0 aliphatic carbocycles. The molecule has 2 rings (SSSR count). The highest BCUT2D eigenvalue weighted by atomic mass is 16.5. The molecule has 4 heteroatoms.